The maximum Gasteiger partial charge on any atom is 0.124 e. The van der Waals surface area contributed by atoms with Gasteiger partial charge in [0.05, 0.1) is 26.4 Å². The van der Waals surface area contributed by atoms with Crippen molar-refractivity contribution in [3.05, 3.63) is 23.8 Å². The summed E-state index contributed by atoms with van der Waals surface area (Å²) in [5, 5.41) is 9.68. The van der Waals surface area contributed by atoms with E-state index >= 15 is 0 Å². The van der Waals surface area contributed by atoms with Gasteiger partial charge in [-0.3, -0.25) is 0 Å². The van der Waals surface area contributed by atoms with Crippen LogP contribution in [0.1, 0.15) is 24.5 Å². The Kier molecular flexibility index (Phi) is 3.86. The highest BCUT2D eigenvalue weighted by Gasteiger charge is 2.25. The van der Waals surface area contributed by atoms with Crippen molar-refractivity contribution < 1.29 is 19.3 Å². The van der Waals surface area contributed by atoms with Crippen LogP contribution in [0.5, 0.6) is 11.5 Å². The molecule has 0 bridgehead atoms. The van der Waals surface area contributed by atoms with Crippen LogP contribution in [0, 0.1) is 0 Å². The third-order valence-electron chi connectivity index (χ3n) is 3.04. The largest absolute Gasteiger partial charge is 0.497 e. The molecular formula is C13H18O4. The smallest absolute Gasteiger partial charge is 0.124 e. The lowest BCUT2D eigenvalue weighted by molar-refractivity contribution is -0.0456. The molecule has 2 atom stereocenters. The van der Waals surface area contributed by atoms with Crippen molar-refractivity contribution in [2.75, 3.05) is 20.8 Å². The van der Waals surface area contributed by atoms with Gasteiger partial charge in [0.25, 0.3) is 0 Å². The van der Waals surface area contributed by atoms with Gasteiger partial charge in [-0.15, -0.1) is 0 Å². The molecule has 1 aromatic rings. The van der Waals surface area contributed by atoms with Crippen molar-refractivity contribution in [1.29, 1.82) is 0 Å². The molecule has 1 aliphatic rings. The van der Waals surface area contributed by atoms with E-state index in [-0.39, 0.29) is 12.2 Å². The number of hydrogen-bond acceptors (Lipinski definition) is 4. The number of methoxy groups -OCH3 is 2. The predicted molar refractivity (Wildman–Crippen MR) is 63.5 cm³/mol. The summed E-state index contributed by atoms with van der Waals surface area (Å²) in [5.41, 5.74) is 0.936. The number of aliphatic hydroxyl groups excluding tert-OH is 1. The van der Waals surface area contributed by atoms with E-state index in [0.717, 1.165) is 17.1 Å². The molecule has 1 N–H and O–H groups in total. The summed E-state index contributed by atoms with van der Waals surface area (Å²) in [6.07, 6.45) is 0.875. The summed E-state index contributed by atoms with van der Waals surface area (Å²) in [6, 6.07) is 5.61. The summed E-state index contributed by atoms with van der Waals surface area (Å²) >= 11 is 0. The number of benzene rings is 1. The Morgan fingerprint density at radius 2 is 2.12 bits per heavy atom. The van der Waals surface area contributed by atoms with Gasteiger partial charge >= 0.3 is 0 Å². The average molecular weight is 238 g/mol. The molecule has 2 unspecified atom stereocenters. The molecule has 1 saturated heterocycles. The van der Waals surface area contributed by atoms with Gasteiger partial charge in [-0.05, 0) is 24.6 Å². The van der Waals surface area contributed by atoms with E-state index < -0.39 is 0 Å². The van der Waals surface area contributed by atoms with Gasteiger partial charge in [-0.25, -0.2) is 0 Å². The molecule has 0 saturated carbocycles. The maximum atomic E-state index is 9.68. The molecule has 2 rings (SSSR count). The Hall–Kier alpha value is -1.26. The zero-order valence-corrected chi connectivity index (χ0v) is 10.2. The van der Waals surface area contributed by atoms with Gasteiger partial charge < -0.3 is 19.3 Å². The first-order valence-corrected chi connectivity index (χ1v) is 5.76. The Morgan fingerprint density at radius 3 is 2.76 bits per heavy atom. The van der Waals surface area contributed by atoms with Gasteiger partial charge in [0.2, 0.25) is 0 Å². The molecule has 0 aliphatic carbocycles. The summed E-state index contributed by atoms with van der Waals surface area (Å²) < 4.78 is 16.2. The minimum Gasteiger partial charge on any atom is -0.497 e. The highest BCUT2D eigenvalue weighted by Crippen LogP contribution is 2.36. The van der Waals surface area contributed by atoms with Gasteiger partial charge in [0.1, 0.15) is 11.5 Å². The maximum absolute atomic E-state index is 9.68. The molecule has 94 valence electrons. The third kappa shape index (κ3) is 2.70. The number of rotatable bonds is 3. The normalized spacial score (nSPS) is 24.4. The molecule has 0 radical (unpaired) electrons. The fourth-order valence-electron chi connectivity index (χ4n) is 2.09. The summed E-state index contributed by atoms with van der Waals surface area (Å²) in [6.45, 7) is 0.576. The molecule has 1 aliphatic heterocycles. The Labute approximate surface area is 101 Å². The lowest BCUT2D eigenvalue weighted by Gasteiger charge is -2.28. The number of aliphatic hydroxyl groups is 1. The molecule has 1 fully saturated rings. The molecule has 0 aromatic heterocycles. The summed E-state index contributed by atoms with van der Waals surface area (Å²) in [4.78, 5) is 0. The molecule has 17 heavy (non-hydrogen) atoms. The van der Waals surface area contributed by atoms with E-state index in [2.05, 4.69) is 0 Å². The highest BCUT2D eigenvalue weighted by molar-refractivity contribution is 5.41. The van der Waals surface area contributed by atoms with Crippen LogP contribution in [0.4, 0.5) is 0 Å². The topological polar surface area (TPSA) is 47.9 Å². The zero-order chi connectivity index (χ0) is 12.3. The second kappa shape index (κ2) is 5.38. The molecule has 1 aromatic carbocycles. The van der Waals surface area contributed by atoms with Crippen molar-refractivity contribution >= 4 is 0 Å². The van der Waals surface area contributed by atoms with Gasteiger partial charge in [0.15, 0.2) is 0 Å². The minimum atomic E-state index is -0.301. The third-order valence-corrected chi connectivity index (χ3v) is 3.04. The van der Waals surface area contributed by atoms with Crippen molar-refractivity contribution in [2.24, 2.45) is 0 Å². The lowest BCUT2D eigenvalue weighted by atomic mass is 9.98. The fraction of sp³-hybridized carbons (Fsp3) is 0.538. The lowest BCUT2D eigenvalue weighted by Crippen LogP contribution is -2.23. The predicted octanol–water partition coefficient (Wildman–Crippen LogP) is 1.92. The number of hydrogen-bond donors (Lipinski definition) is 1. The van der Waals surface area contributed by atoms with E-state index in [1.165, 1.54) is 0 Å². The first-order chi connectivity index (χ1) is 8.24. The molecule has 4 nitrogen and oxygen atoms in total. The average Bonchev–Trinajstić information content (AvgIpc) is 2.38. The molecule has 0 spiro atoms. The van der Waals surface area contributed by atoms with Crippen LogP contribution in [0.15, 0.2) is 18.2 Å². The van der Waals surface area contributed by atoms with Crippen molar-refractivity contribution in [3.63, 3.8) is 0 Å². The second-order valence-electron chi connectivity index (χ2n) is 4.15. The SMILES string of the molecule is COc1ccc(OC)c(C2CC(O)CCO2)c1. The minimum absolute atomic E-state index is 0.121. The van der Waals surface area contributed by atoms with Crippen molar-refractivity contribution in [3.8, 4) is 11.5 Å². The Bertz CT molecular complexity index is 378. The molecule has 4 heteroatoms. The van der Waals surface area contributed by atoms with Crippen LogP contribution >= 0.6 is 0 Å². The summed E-state index contributed by atoms with van der Waals surface area (Å²) in [7, 11) is 3.26. The first-order valence-electron chi connectivity index (χ1n) is 5.76. The standard InChI is InChI=1S/C13H18O4/c1-15-10-3-4-12(16-2)11(8-10)13-7-9(14)5-6-17-13/h3-4,8-9,13-14H,5-7H2,1-2H3. The monoisotopic (exact) mass is 238 g/mol. The van der Waals surface area contributed by atoms with E-state index in [1.54, 1.807) is 14.2 Å². The van der Waals surface area contributed by atoms with Crippen LogP contribution in [-0.4, -0.2) is 32.0 Å². The van der Waals surface area contributed by atoms with Crippen molar-refractivity contribution in [2.45, 2.75) is 25.0 Å². The Balaban J connectivity index is 2.27. The van der Waals surface area contributed by atoms with Gasteiger partial charge in [0, 0.05) is 18.6 Å². The quantitative estimate of drug-likeness (QED) is 0.874. The summed E-state index contributed by atoms with van der Waals surface area (Å²) in [5.74, 6) is 1.54. The van der Waals surface area contributed by atoms with Crippen LogP contribution in [0.25, 0.3) is 0 Å². The molecular weight excluding hydrogens is 220 g/mol. The van der Waals surface area contributed by atoms with Crippen LogP contribution in [0.3, 0.4) is 0 Å². The van der Waals surface area contributed by atoms with E-state index in [4.69, 9.17) is 14.2 Å². The van der Waals surface area contributed by atoms with E-state index in [1.807, 2.05) is 18.2 Å². The second-order valence-corrected chi connectivity index (χ2v) is 4.15. The van der Waals surface area contributed by atoms with Gasteiger partial charge in [-0.1, -0.05) is 0 Å². The molecule has 0 amide bonds. The van der Waals surface area contributed by atoms with E-state index in [0.29, 0.717) is 19.4 Å². The molecule has 1 heterocycles. The Morgan fingerprint density at radius 1 is 1.29 bits per heavy atom. The van der Waals surface area contributed by atoms with Gasteiger partial charge in [-0.2, -0.15) is 0 Å². The highest BCUT2D eigenvalue weighted by atomic mass is 16.5. The van der Waals surface area contributed by atoms with Crippen LogP contribution in [0.2, 0.25) is 0 Å². The number of ether oxygens (including phenoxy) is 3. The zero-order valence-electron chi connectivity index (χ0n) is 10.2. The van der Waals surface area contributed by atoms with Crippen molar-refractivity contribution in [1.82, 2.24) is 0 Å². The van der Waals surface area contributed by atoms with Crippen LogP contribution in [-0.2, 0) is 4.74 Å². The fourth-order valence-corrected chi connectivity index (χ4v) is 2.09. The van der Waals surface area contributed by atoms with Crippen LogP contribution < -0.4 is 9.47 Å². The first kappa shape index (κ1) is 12.2. The van der Waals surface area contributed by atoms with E-state index in [9.17, 15) is 5.11 Å².